The molecule has 0 radical (unpaired) electrons. The number of fused-ring (bicyclic) bond motifs is 2. The Labute approximate surface area is 86.2 Å². The van der Waals surface area contributed by atoms with E-state index in [-0.39, 0.29) is 5.54 Å². The SMILES string of the molecule is NC1(CC2CCCC2)CC2CCC1O2. The Bertz CT molecular complexity index is 224. The molecule has 0 aromatic rings. The standard InChI is InChI=1S/C12H21NO/c13-12(7-9-3-1-2-4-9)8-10-5-6-11(12)14-10/h9-11H,1-8,13H2. The topological polar surface area (TPSA) is 35.2 Å². The number of ether oxygens (including phenoxy) is 1. The van der Waals surface area contributed by atoms with Gasteiger partial charge in [-0.3, -0.25) is 0 Å². The van der Waals surface area contributed by atoms with Crippen LogP contribution in [0.25, 0.3) is 0 Å². The molecule has 14 heavy (non-hydrogen) atoms. The quantitative estimate of drug-likeness (QED) is 0.733. The summed E-state index contributed by atoms with van der Waals surface area (Å²) in [7, 11) is 0. The fraction of sp³-hybridized carbons (Fsp3) is 1.00. The van der Waals surface area contributed by atoms with E-state index in [1.54, 1.807) is 0 Å². The van der Waals surface area contributed by atoms with Crippen molar-refractivity contribution in [3.8, 4) is 0 Å². The lowest BCUT2D eigenvalue weighted by molar-refractivity contribution is 0.0799. The van der Waals surface area contributed by atoms with E-state index in [4.69, 9.17) is 10.5 Å². The molecule has 80 valence electrons. The molecule has 2 N–H and O–H groups in total. The van der Waals surface area contributed by atoms with Crippen molar-refractivity contribution < 1.29 is 4.74 Å². The molecule has 1 saturated carbocycles. The summed E-state index contributed by atoms with van der Waals surface area (Å²) < 4.78 is 5.87. The van der Waals surface area contributed by atoms with Gasteiger partial charge in [-0.25, -0.2) is 0 Å². The van der Waals surface area contributed by atoms with E-state index >= 15 is 0 Å². The van der Waals surface area contributed by atoms with Crippen molar-refractivity contribution in [2.45, 2.75) is 69.1 Å². The lowest BCUT2D eigenvalue weighted by Crippen LogP contribution is -2.49. The number of hydrogen-bond acceptors (Lipinski definition) is 2. The molecule has 0 aromatic carbocycles. The number of rotatable bonds is 2. The Hall–Kier alpha value is -0.0800. The zero-order valence-electron chi connectivity index (χ0n) is 8.87. The predicted octanol–water partition coefficient (Wildman–Crippen LogP) is 2.22. The zero-order chi connectivity index (χ0) is 9.60. The Morgan fingerprint density at radius 1 is 1.14 bits per heavy atom. The van der Waals surface area contributed by atoms with Crippen molar-refractivity contribution in [2.24, 2.45) is 11.7 Å². The molecule has 0 amide bonds. The summed E-state index contributed by atoms with van der Waals surface area (Å²) in [5.74, 6) is 0.906. The van der Waals surface area contributed by atoms with Crippen LogP contribution >= 0.6 is 0 Å². The molecular formula is C12H21NO. The smallest absolute Gasteiger partial charge is 0.0760 e. The average Bonchev–Trinajstić information content (AvgIpc) is 2.78. The van der Waals surface area contributed by atoms with Gasteiger partial charge in [0.2, 0.25) is 0 Å². The van der Waals surface area contributed by atoms with E-state index in [2.05, 4.69) is 0 Å². The second kappa shape index (κ2) is 3.21. The van der Waals surface area contributed by atoms with Gasteiger partial charge in [-0.05, 0) is 31.6 Å². The molecule has 0 spiro atoms. The third-order valence-electron chi connectivity index (χ3n) is 4.50. The van der Waals surface area contributed by atoms with Gasteiger partial charge < -0.3 is 10.5 Å². The van der Waals surface area contributed by atoms with E-state index in [0.29, 0.717) is 12.2 Å². The Morgan fingerprint density at radius 3 is 2.50 bits per heavy atom. The van der Waals surface area contributed by atoms with Gasteiger partial charge in [0.1, 0.15) is 0 Å². The van der Waals surface area contributed by atoms with Gasteiger partial charge in [0.15, 0.2) is 0 Å². The second-order valence-electron chi connectivity index (χ2n) is 5.62. The van der Waals surface area contributed by atoms with E-state index in [9.17, 15) is 0 Å². The van der Waals surface area contributed by atoms with Crippen LogP contribution in [0, 0.1) is 5.92 Å². The average molecular weight is 195 g/mol. The van der Waals surface area contributed by atoms with Crippen LogP contribution in [0.15, 0.2) is 0 Å². The molecule has 3 atom stereocenters. The van der Waals surface area contributed by atoms with Gasteiger partial charge in [-0.15, -0.1) is 0 Å². The number of hydrogen-bond donors (Lipinski definition) is 1. The van der Waals surface area contributed by atoms with Crippen LogP contribution in [0.2, 0.25) is 0 Å². The minimum Gasteiger partial charge on any atom is -0.373 e. The molecule has 1 aliphatic carbocycles. The Morgan fingerprint density at radius 2 is 1.93 bits per heavy atom. The maximum absolute atomic E-state index is 6.50. The highest BCUT2D eigenvalue weighted by Gasteiger charge is 2.50. The molecule has 0 aromatic heterocycles. The molecular weight excluding hydrogens is 174 g/mol. The minimum atomic E-state index is 0.0535. The maximum atomic E-state index is 6.50. The van der Waals surface area contributed by atoms with Crippen LogP contribution in [0.5, 0.6) is 0 Å². The Balaban J connectivity index is 1.65. The molecule has 2 aliphatic heterocycles. The third kappa shape index (κ3) is 1.40. The second-order valence-corrected chi connectivity index (χ2v) is 5.62. The normalized spacial score (nSPS) is 47.8. The fourth-order valence-electron chi connectivity index (χ4n) is 3.80. The van der Waals surface area contributed by atoms with Gasteiger partial charge in [0.05, 0.1) is 12.2 Å². The van der Waals surface area contributed by atoms with Crippen LogP contribution < -0.4 is 5.73 Å². The summed E-state index contributed by atoms with van der Waals surface area (Å²) in [5, 5.41) is 0. The van der Waals surface area contributed by atoms with Crippen LogP contribution in [0.4, 0.5) is 0 Å². The van der Waals surface area contributed by atoms with Crippen LogP contribution in [0.3, 0.4) is 0 Å². The summed E-state index contributed by atoms with van der Waals surface area (Å²) >= 11 is 0. The fourth-order valence-corrected chi connectivity index (χ4v) is 3.80. The van der Waals surface area contributed by atoms with Gasteiger partial charge in [0, 0.05) is 5.54 Å². The first-order valence-corrected chi connectivity index (χ1v) is 6.21. The van der Waals surface area contributed by atoms with Crippen molar-refractivity contribution in [3.63, 3.8) is 0 Å². The molecule has 3 aliphatic rings. The van der Waals surface area contributed by atoms with E-state index in [1.807, 2.05) is 0 Å². The first-order valence-electron chi connectivity index (χ1n) is 6.21. The monoisotopic (exact) mass is 195 g/mol. The van der Waals surface area contributed by atoms with Crippen molar-refractivity contribution in [1.82, 2.24) is 0 Å². The minimum absolute atomic E-state index is 0.0535. The van der Waals surface area contributed by atoms with Crippen LogP contribution in [0.1, 0.15) is 51.4 Å². The Kier molecular flexibility index (Phi) is 2.10. The first-order chi connectivity index (χ1) is 6.76. The van der Waals surface area contributed by atoms with Gasteiger partial charge >= 0.3 is 0 Å². The van der Waals surface area contributed by atoms with Gasteiger partial charge in [-0.1, -0.05) is 25.7 Å². The maximum Gasteiger partial charge on any atom is 0.0760 e. The molecule has 2 bridgehead atoms. The molecule has 3 rings (SSSR count). The summed E-state index contributed by atoms with van der Waals surface area (Å²) in [4.78, 5) is 0. The summed E-state index contributed by atoms with van der Waals surface area (Å²) in [5.41, 5.74) is 6.55. The van der Waals surface area contributed by atoms with Crippen LogP contribution in [-0.4, -0.2) is 17.7 Å². The molecule has 2 nitrogen and oxygen atoms in total. The first kappa shape index (κ1) is 9.17. The molecule has 3 fully saturated rings. The van der Waals surface area contributed by atoms with Crippen molar-refractivity contribution >= 4 is 0 Å². The highest BCUT2D eigenvalue weighted by atomic mass is 16.5. The predicted molar refractivity (Wildman–Crippen MR) is 56.0 cm³/mol. The zero-order valence-corrected chi connectivity index (χ0v) is 8.87. The van der Waals surface area contributed by atoms with Gasteiger partial charge in [0.25, 0.3) is 0 Å². The molecule has 2 heterocycles. The lowest BCUT2D eigenvalue weighted by atomic mass is 9.76. The van der Waals surface area contributed by atoms with E-state index < -0.39 is 0 Å². The van der Waals surface area contributed by atoms with E-state index in [0.717, 1.165) is 12.3 Å². The molecule has 3 unspecified atom stereocenters. The van der Waals surface area contributed by atoms with E-state index in [1.165, 1.54) is 44.9 Å². The highest BCUT2D eigenvalue weighted by Crippen LogP contribution is 2.45. The summed E-state index contributed by atoms with van der Waals surface area (Å²) in [6.45, 7) is 0. The largest absolute Gasteiger partial charge is 0.373 e. The van der Waals surface area contributed by atoms with Crippen molar-refractivity contribution in [2.75, 3.05) is 0 Å². The number of nitrogens with two attached hydrogens (primary N) is 1. The summed E-state index contributed by atoms with van der Waals surface area (Å²) in [6, 6.07) is 0. The van der Waals surface area contributed by atoms with Crippen molar-refractivity contribution in [1.29, 1.82) is 0 Å². The van der Waals surface area contributed by atoms with Crippen LogP contribution in [-0.2, 0) is 4.74 Å². The molecule has 2 heteroatoms. The lowest BCUT2D eigenvalue weighted by Gasteiger charge is -2.33. The third-order valence-corrected chi connectivity index (χ3v) is 4.50. The van der Waals surface area contributed by atoms with Gasteiger partial charge in [-0.2, -0.15) is 0 Å². The summed E-state index contributed by atoms with van der Waals surface area (Å²) in [6.07, 6.45) is 11.4. The highest BCUT2D eigenvalue weighted by molar-refractivity contribution is 5.05. The van der Waals surface area contributed by atoms with Crippen molar-refractivity contribution in [3.05, 3.63) is 0 Å². The molecule has 2 saturated heterocycles.